The smallest absolute Gasteiger partial charge is 0.262 e. The van der Waals surface area contributed by atoms with Crippen LogP contribution in [0.25, 0.3) is 10.9 Å². The molecule has 314 valence electrons. The first-order chi connectivity index (χ1) is 29.7. The quantitative estimate of drug-likeness (QED) is 0.223. The Morgan fingerprint density at radius 2 is 1.43 bits per heavy atom. The van der Waals surface area contributed by atoms with E-state index in [2.05, 4.69) is 53.4 Å². The van der Waals surface area contributed by atoms with Gasteiger partial charge in [0.05, 0.1) is 28.3 Å². The first-order valence-electron chi connectivity index (χ1n) is 21.4. The number of amides is 5. The zero-order chi connectivity index (χ0) is 42.0. The summed E-state index contributed by atoms with van der Waals surface area (Å²) in [6.45, 7) is 9.08. The lowest BCUT2D eigenvalue weighted by Gasteiger charge is -2.39. The molecule has 4 aromatic rings. The molecule has 4 fully saturated rings. The van der Waals surface area contributed by atoms with Crippen molar-refractivity contribution in [3.05, 3.63) is 95.2 Å². The zero-order valence-electron chi connectivity index (χ0n) is 34.1. The molecule has 3 aromatic carbocycles. The number of pyridine rings is 1. The van der Waals surface area contributed by atoms with Crippen LogP contribution in [0.15, 0.2) is 72.9 Å². The number of fused-ring (bicyclic) bond motifs is 2. The van der Waals surface area contributed by atoms with Crippen LogP contribution in [0.1, 0.15) is 75.2 Å². The van der Waals surface area contributed by atoms with Crippen LogP contribution in [0.2, 0.25) is 0 Å². The van der Waals surface area contributed by atoms with Crippen LogP contribution in [-0.2, 0) is 9.59 Å². The maximum absolute atomic E-state index is 13.3. The van der Waals surface area contributed by atoms with Crippen molar-refractivity contribution in [1.29, 1.82) is 5.26 Å². The van der Waals surface area contributed by atoms with Crippen molar-refractivity contribution in [1.82, 2.24) is 30.3 Å². The molecular weight excluding hydrogens is 775 g/mol. The normalized spacial score (nSPS) is 22.5. The lowest BCUT2D eigenvalue weighted by atomic mass is 9.92. The summed E-state index contributed by atoms with van der Waals surface area (Å²) in [6.07, 6.45) is 5.28. The summed E-state index contributed by atoms with van der Waals surface area (Å²) in [5.41, 5.74) is 4.45. The minimum atomic E-state index is -0.972. The second-order valence-electron chi connectivity index (χ2n) is 16.6. The molecule has 5 amide bonds. The average Bonchev–Trinajstić information content (AvgIpc) is 3.54. The van der Waals surface area contributed by atoms with E-state index in [4.69, 9.17) is 4.74 Å². The Kier molecular flexibility index (Phi) is 11.4. The number of benzene rings is 3. The Morgan fingerprint density at radius 3 is 2.10 bits per heavy atom. The molecule has 4 aliphatic heterocycles. The van der Waals surface area contributed by atoms with Gasteiger partial charge in [0, 0.05) is 106 Å². The highest BCUT2D eigenvalue weighted by Crippen LogP contribution is 2.33. The minimum absolute atomic E-state index is 0.0393. The molecule has 1 unspecified atom stereocenters. The fraction of sp³-hybridized carbons (Fsp3) is 0.413. The Morgan fingerprint density at radius 1 is 0.770 bits per heavy atom. The molecule has 3 saturated heterocycles. The molecule has 15 nitrogen and oxygen atoms in total. The van der Waals surface area contributed by atoms with Crippen molar-refractivity contribution in [2.24, 2.45) is 0 Å². The first kappa shape index (κ1) is 40.1. The van der Waals surface area contributed by atoms with E-state index in [1.54, 1.807) is 24.4 Å². The molecule has 0 spiro atoms. The number of carbonyl (C=O) groups excluding carboxylic acids is 5. The highest BCUT2D eigenvalue weighted by atomic mass is 16.5. The monoisotopic (exact) mass is 823 g/mol. The lowest BCUT2D eigenvalue weighted by molar-refractivity contribution is -0.136. The van der Waals surface area contributed by atoms with Gasteiger partial charge in [0.15, 0.2) is 0 Å². The van der Waals surface area contributed by atoms with Crippen molar-refractivity contribution in [3.63, 3.8) is 0 Å². The van der Waals surface area contributed by atoms with Crippen molar-refractivity contribution in [3.8, 4) is 11.8 Å². The number of hydrogen-bond donors (Lipinski definition) is 2. The number of nitrogens with zero attached hydrogens (tertiary/aromatic N) is 7. The van der Waals surface area contributed by atoms with Gasteiger partial charge in [0.1, 0.15) is 17.9 Å². The Labute approximate surface area is 354 Å². The Bertz CT molecular complexity index is 2390. The number of rotatable bonds is 10. The van der Waals surface area contributed by atoms with E-state index >= 15 is 0 Å². The van der Waals surface area contributed by atoms with Crippen LogP contribution in [0.5, 0.6) is 5.75 Å². The van der Waals surface area contributed by atoms with Crippen LogP contribution < -0.4 is 25.2 Å². The number of aromatic nitrogens is 1. The Hall–Kier alpha value is -6.37. The number of piperazine rings is 2. The van der Waals surface area contributed by atoms with E-state index in [-0.39, 0.29) is 30.9 Å². The number of carbonyl (C=O) groups is 5. The third kappa shape index (κ3) is 8.38. The molecule has 15 heteroatoms. The van der Waals surface area contributed by atoms with Gasteiger partial charge in [-0.1, -0.05) is 0 Å². The van der Waals surface area contributed by atoms with Gasteiger partial charge in [0.2, 0.25) is 11.8 Å². The van der Waals surface area contributed by atoms with Crippen LogP contribution in [-0.4, -0.2) is 133 Å². The number of anilines is 2. The van der Waals surface area contributed by atoms with Gasteiger partial charge >= 0.3 is 0 Å². The maximum Gasteiger partial charge on any atom is 0.262 e. The fourth-order valence-electron chi connectivity index (χ4n) is 9.33. The molecule has 1 saturated carbocycles. The second kappa shape index (κ2) is 17.3. The molecule has 0 bridgehead atoms. The third-order valence-electron chi connectivity index (χ3n) is 12.9. The number of piperidine rings is 1. The zero-order valence-corrected chi connectivity index (χ0v) is 34.1. The van der Waals surface area contributed by atoms with E-state index in [9.17, 15) is 29.2 Å². The van der Waals surface area contributed by atoms with Crippen molar-refractivity contribution in [2.45, 2.75) is 56.7 Å². The highest BCUT2D eigenvalue weighted by molar-refractivity contribution is 6.23. The molecule has 5 heterocycles. The van der Waals surface area contributed by atoms with E-state index < -0.39 is 29.7 Å². The molecule has 1 atom stereocenters. The number of hydrogen-bond acceptors (Lipinski definition) is 12. The van der Waals surface area contributed by atoms with Crippen LogP contribution >= 0.6 is 0 Å². The summed E-state index contributed by atoms with van der Waals surface area (Å²) in [7, 11) is 0. The van der Waals surface area contributed by atoms with Gasteiger partial charge in [-0.05, 0) is 98.8 Å². The van der Waals surface area contributed by atoms with Crippen LogP contribution in [0, 0.1) is 11.3 Å². The maximum atomic E-state index is 13.3. The number of ether oxygens (including phenoxy) is 1. The molecule has 1 aromatic heterocycles. The first-order valence-corrected chi connectivity index (χ1v) is 21.4. The van der Waals surface area contributed by atoms with Gasteiger partial charge < -0.3 is 19.9 Å². The van der Waals surface area contributed by atoms with Gasteiger partial charge in [-0.15, -0.1) is 0 Å². The molecule has 61 heavy (non-hydrogen) atoms. The largest absolute Gasteiger partial charge is 0.490 e. The standard InChI is InChI=1S/C46H49N9O6/c47-29-31-5-15-40(37-2-1-17-48-42(31)37)61-35-11-6-32(7-12-35)49-43(57)30-3-8-33(9-4-30)53-24-20-51(21-25-53)18-19-52-22-26-54(27-23-52)34-10-13-36-38(28-34)46(60)55(45(36)59)39-14-16-41(56)50-44(39)58/h1-5,8-10,13,15,17,28,32,35,39H,6-7,11-12,14,16,18-27H2,(H,49,57)(H,50,56,58)/t32-,35-,39?. The summed E-state index contributed by atoms with van der Waals surface area (Å²) in [4.78, 5) is 78.7. The van der Waals surface area contributed by atoms with Gasteiger partial charge in [-0.2, -0.15) is 5.26 Å². The molecule has 1 aliphatic carbocycles. The summed E-state index contributed by atoms with van der Waals surface area (Å²) < 4.78 is 6.37. The number of nitriles is 1. The molecular formula is C46H49N9O6. The predicted octanol–water partition coefficient (Wildman–Crippen LogP) is 3.57. The topological polar surface area (TPSA) is 172 Å². The lowest BCUT2D eigenvalue weighted by Crippen LogP contribution is -2.54. The molecule has 2 N–H and O–H groups in total. The summed E-state index contributed by atoms with van der Waals surface area (Å²) in [5.74, 6) is -1.29. The highest BCUT2D eigenvalue weighted by Gasteiger charge is 2.45. The summed E-state index contributed by atoms with van der Waals surface area (Å²) in [5, 5.41) is 15.8. The third-order valence-corrected chi connectivity index (χ3v) is 12.9. The van der Waals surface area contributed by atoms with Crippen LogP contribution in [0.4, 0.5) is 11.4 Å². The SMILES string of the molecule is N#Cc1ccc(O[C@H]2CC[C@H](NC(=O)c3ccc(N4CCN(CCN5CCN(c6ccc7c(c6)C(=O)N(C6CCC(=O)NC6=O)C7=O)CC5)CC4)cc3)CC2)c2cccnc12. The molecule has 0 radical (unpaired) electrons. The fourth-order valence-corrected chi connectivity index (χ4v) is 9.33. The Balaban J connectivity index is 0.684. The van der Waals surface area contributed by atoms with Crippen molar-refractivity contribution in [2.75, 3.05) is 75.2 Å². The van der Waals surface area contributed by atoms with Gasteiger partial charge in [0.25, 0.3) is 17.7 Å². The van der Waals surface area contributed by atoms with Crippen molar-refractivity contribution < 1.29 is 28.7 Å². The molecule has 5 aliphatic rings. The van der Waals surface area contributed by atoms with E-state index in [0.29, 0.717) is 27.8 Å². The van der Waals surface area contributed by atoms with E-state index in [1.807, 2.05) is 36.4 Å². The second-order valence-corrected chi connectivity index (χ2v) is 16.6. The average molecular weight is 824 g/mol. The van der Waals surface area contributed by atoms with E-state index in [1.165, 1.54) is 0 Å². The van der Waals surface area contributed by atoms with Crippen molar-refractivity contribution >= 4 is 51.8 Å². The number of nitrogens with one attached hydrogen (secondary N) is 2. The minimum Gasteiger partial charge on any atom is -0.490 e. The van der Waals surface area contributed by atoms with Gasteiger partial charge in [-0.3, -0.25) is 49.0 Å². The number of imide groups is 2. The van der Waals surface area contributed by atoms with Crippen LogP contribution in [0.3, 0.4) is 0 Å². The molecule has 9 rings (SSSR count). The predicted molar refractivity (Wildman–Crippen MR) is 227 cm³/mol. The summed E-state index contributed by atoms with van der Waals surface area (Å²) >= 11 is 0. The van der Waals surface area contributed by atoms with E-state index in [0.717, 1.165) is 119 Å². The van der Waals surface area contributed by atoms with Gasteiger partial charge in [-0.25, -0.2) is 0 Å². The summed E-state index contributed by atoms with van der Waals surface area (Å²) in [6, 6.07) is 22.0.